The number of para-hydroxylation sites is 1. The number of rotatable bonds is 7. The van der Waals surface area contributed by atoms with Gasteiger partial charge in [0.2, 0.25) is 5.91 Å². The summed E-state index contributed by atoms with van der Waals surface area (Å²) < 4.78 is 5.16. The Balaban J connectivity index is 2.33. The number of benzene rings is 1. The third kappa shape index (κ3) is 6.07. The van der Waals surface area contributed by atoms with Gasteiger partial charge in [0.1, 0.15) is 18.4 Å². The molecule has 0 aliphatic carbocycles. The lowest BCUT2D eigenvalue weighted by molar-refractivity contribution is -0.137. The van der Waals surface area contributed by atoms with Gasteiger partial charge in [0.15, 0.2) is 6.61 Å². The highest BCUT2D eigenvalue weighted by atomic mass is 16.5. The largest absolute Gasteiger partial charge is 0.482 e. The number of aliphatic carboxylic acids is 1. The summed E-state index contributed by atoms with van der Waals surface area (Å²) in [6, 6.07) is 8.34. The third-order valence-electron chi connectivity index (χ3n) is 2.25. The molecule has 2 amide bonds. The summed E-state index contributed by atoms with van der Waals surface area (Å²) in [5, 5.41) is 21.5. The maximum atomic E-state index is 11.4. The van der Waals surface area contributed by atoms with Crippen LogP contribution in [0, 0.1) is 11.3 Å². The number of amides is 2. The molecule has 8 heteroatoms. The fourth-order valence-corrected chi connectivity index (χ4v) is 1.29. The number of hydrogen-bond acceptors (Lipinski definition) is 5. The van der Waals surface area contributed by atoms with Gasteiger partial charge in [0, 0.05) is 0 Å². The highest BCUT2D eigenvalue weighted by Crippen LogP contribution is 2.15. The molecule has 0 heterocycles. The molecule has 21 heavy (non-hydrogen) atoms. The molecule has 0 saturated carbocycles. The second kappa shape index (κ2) is 8.16. The summed E-state index contributed by atoms with van der Waals surface area (Å²) in [7, 11) is 0. The Morgan fingerprint density at radius 3 is 2.48 bits per heavy atom. The van der Waals surface area contributed by atoms with Crippen LogP contribution in [0.3, 0.4) is 0 Å². The molecule has 0 radical (unpaired) electrons. The Morgan fingerprint density at radius 1 is 1.14 bits per heavy atom. The van der Waals surface area contributed by atoms with Crippen molar-refractivity contribution in [2.75, 3.05) is 19.7 Å². The average Bonchev–Trinajstić information content (AvgIpc) is 2.49. The number of nitriles is 1. The number of carboxylic acids is 1. The highest BCUT2D eigenvalue weighted by Gasteiger charge is 2.08. The monoisotopic (exact) mass is 291 g/mol. The summed E-state index contributed by atoms with van der Waals surface area (Å²) in [6.45, 7) is -1.22. The van der Waals surface area contributed by atoms with Gasteiger partial charge in [-0.05, 0) is 12.1 Å². The van der Waals surface area contributed by atoms with E-state index >= 15 is 0 Å². The minimum absolute atomic E-state index is 0.269. The second-order valence-corrected chi connectivity index (χ2v) is 3.84. The van der Waals surface area contributed by atoms with Crippen molar-refractivity contribution in [3.8, 4) is 11.8 Å². The number of hydrogen-bond donors (Lipinski definition) is 3. The SMILES string of the molecule is N#Cc1ccccc1OCC(=O)NCC(=O)NCC(=O)O. The van der Waals surface area contributed by atoms with Crippen LogP contribution in [0.5, 0.6) is 5.75 Å². The number of carboxylic acid groups (broad SMARTS) is 1. The first-order valence-corrected chi connectivity index (χ1v) is 5.90. The summed E-state index contributed by atoms with van der Waals surface area (Å²) in [4.78, 5) is 32.8. The standard InChI is InChI=1S/C13H13N3O5/c14-5-9-3-1-2-4-10(9)21-8-12(18)15-6-11(17)16-7-13(19)20/h1-4H,6-8H2,(H,15,18)(H,16,17)(H,19,20). The summed E-state index contributed by atoms with van der Waals surface area (Å²) in [5.74, 6) is -2.09. The van der Waals surface area contributed by atoms with Crippen molar-refractivity contribution in [1.29, 1.82) is 5.26 Å². The molecule has 8 nitrogen and oxygen atoms in total. The quantitative estimate of drug-likeness (QED) is 0.606. The Kier molecular flexibility index (Phi) is 6.21. The van der Waals surface area contributed by atoms with Gasteiger partial charge in [-0.3, -0.25) is 14.4 Å². The van der Waals surface area contributed by atoms with Gasteiger partial charge in [-0.1, -0.05) is 12.1 Å². The number of carbonyl (C=O) groups is 3. The molecule has 110 valence electrons. The summed E-state index contributed by atoms with van der Waals surface area (Å²) >= 11 is 0. The Bertz CT molecular complexity index is 579. The van der Waals surface area contributed by atoms with Crippen molar-refractivity contribution < 1.29 is 24.2 Å². The highest BCUT2D eigenvalue weighted by molar-refractivity contribution is 5.87. The Hall–Kier alpha value is -3.08. The van der Waals surface area contributed by atoms with E-state index in [1.807, 2.05) is 6.07 Å². The van der Waals surface area contributed by atoms with Crippen LogP contribution in [0.15, 0.2) is 24.3 Å². The van der Waals surface area contributed by atoms with Crippen LogP contribution in [0.2, 0.25) is 0 Å². The molecule has 1 aromatic rings. The zero-order chi connectivity index (χ0) is 15.7. The molecule has 0 aromatic heterocycles. The summed E-state index contributed by atoms with van der Waals surface area (Å²) in [6.07, 6.45) is 0. The maximum absolute atomic E-state index is 11.4. The molecule has 0 spiro atoms. The fraction of sp³-hybridized carbons (Fsp3) is 0.231. The third-order valence-corrected chi connectivity index (χ3v) is 2.25. The van der Waals surface area contributed by atoms with Crippen molar-refractivity contribution in [3.05, 3.63) is 29.8 Å². The van der Waals surface area contributed by atoms with Crippen molar-refractivity contribution in [2.45, 2.75) is 0 Å². The van der Waals surface area contributed by atoms with Crippen LogP contribution in [-0.2, 0) is 14.4 Å². The molecule has 0 aliphatic rings. The minimum atomic E-state index is -1.17. The molecule has 0 atom stereocenters. The van der Waals surface area contributed by atoms with E-state index in [9.17, 15) is 14.4 Å². The van der Waals surface area contributed by atoms with E-state index in [2.05, 4.69) is 10.6 Å². The molecule has 1 rings (SSSR count). The van der Waals surface area contributed by atoms with Crippen LogP contribution >= 0.6 is 0 Å². The van der Waals surface area contributed by atoms with Crippen molar-refractivity contribution in [1.82, 2.24) is 10.6 Å². The Labute approximate surface area is 120 Å². The summed E-state index contributed by atoms with van der Waals surface area (Å²) in [5.41, 5.74) is 0.296. The predicted molar refractivity (Wildman–Crippen MR) is 70.3 cm³/mol. The van der Waals surface area contributed by atoms with E-state index in [4.69, 9.17) is 15.1 Å². The van der Waals surface area contributed by atoms with E-state index in [-0.39, 0.29) is 18.9 Å². The van der Waals surface area contributed by atoms with E-state index < -0.39 is 24.3 Å². The van der Waals surface area contributed by atoms with Crippen molar-refractivity contribution >= 4 is 17.8 Å². The van der Waals surface area contributed by atoms with E-state index in [1.54, 1.807) is 24.3 Å². The number of nitrogens with one attached hydrogen (secondary N) is 2. The lowest BCUT2D eigenvalue weighted by Gasteiger charge is -2.08. The molecule has 1 aromatic carbocycles. The van der Waals surface area contributed by atoms with Crippen LogP contribution < -0.4 is 15.4 Å². The van der Waals surface area contributed by atoms with Gasteiger partial charge < -0.3 is 20.5 Å². The number of ether oxygens (including phenoxy) is 1. The fourth-order valence-electron chi connectivity index (χ4n) is 1.29. The second-order valence-electron chi connectivity index (χ2n) is 3.84. The van der Waals surface area contributed by atoms with Crippen molar-refractivity contribution in [3.63, 3.8) is 0 Å². The first kappa shape index (κ1) is 16.0. The Morgan fingerprint density at radius 2 is 1.81 bits per heavy atom. The van der Waals surface area contributed by atoms with Gasteiger partial charge >= 0.3 is 5.97 Å². The molecule has 0 bridgehead atoms. The molecule has 0 unspecified atom stereocenters. The van der Waals surface area contributed by atoms with Gasteiger partial charge in [-0.2, -0.15) is 5.26 Å². The minimum Gasteiger partial charge on any atom is -0.482 e. The lowest BCUT2D eigenvalue weighted by atomic mass is 10.2. The van der Waals surface area contributed by atoms with Gasteiger partial charge in [-0.25, -0.2) is 0 Å². The normalized spacial score (nSPS) is 9.29. The predicted octanol–water partition coefficient (Wildman–Crippen LogP) is -0.746. The first-order valence-electron chi connectivity index (χ1n) is 5.90. The van der Waals surface area contributed by atoms with Gasteiger partial charge in [0.05, 0.1) is 12.1 Å². The van der Waals surface area contributed by atoms with Gasteiger partial charge in [0.25, 0.3) is 5.91 Å². The van der Waals surface area contributed by atoms with Crippen LogP contribution in [0.4, 0.5) is 0 Å². The molecular formula is C13H13N3O5. The van der Waals surface area contributed by atoms with E-state index in [0.29, 0.717) is 5.56 Å². The number of carbonyl (C=O) groups excluding carboxylic acids is 2. The zero-order valence-corrected chi connectivity index (χ0v) is 11.0. The van der Waals surface area contributed by atoms with E-state index in [1.165, 1.54) is 0 Å². The van der Waals surface area contributed by atoms with Crippen LogP contribution in [0.25, 0.3) is 0 Å². The maximum Gasteiger partial charge on any atom is 0.322 e. The molecule has 0 aliphatic heterocycles. The topological polar surface area (TPSA) is 129 Å². The molecular weight excluding hydrogens is 278 g/mol. The average molecular weight is 291 g/mol. The smallest absolute Gasteiger partial charge is 0.322 e. The first-order chi connectivity index (χ1) is 10.0. The lowest BCUT2D eigenvalue weighted by Crippen LogP contribution is -2.40. The molecule has 0 fully saturated rings. The van der Waals surface area contributed by atoms with Crippen LogP contribution in [-0.4, -0.2) is 42.6 Å². The molecule has 0 saturated heterocycles. The molecule has 3 N–H and O–H groups in total. The number of nitrogens with zero attached hydrogens (tertiary/aromatic N) is 1. The van der Waals surface area contributed by atoms with E-state index in [0.717, 1.165) is 0 Å². The van der Waals surface area contributed by atoms with Crippen molar-refractivity contribution in [2.24, 2.45) is 0 Å². The van der Waals surface area contributed by atoms with Crippen LogP contribution in [0.1, 0.15) is 5.56 Å². The van der Waals surface area contributed by atoms with Gasteiger partial charge in [-0.15, -0.1) is 0 Å². The zero-order valence-electron chi connectivity index (χ0n) is 11.0.